The zero-order valence-corrected chi connectivity index (χ0v) is 14.5. The van der Waals surface area contributed by atoms with E-state index in [-0.39, 0.29) is 11.8 Å². The Kier molecular flexibility index (Phi) is 6.47. The number of rotatable bonds is 5. The van der Waals surface area contributed by atoms with Crippen LogP contribution in [0.25, 0.3) is 0 Å². The third-order valence-electron chi connectivity index (χ3n) is 4.63. The van der Waals surface area contributed by atoms with Gasteiger partial charge in [0.15, 0.2) is 0 Å². The highest BCUT2D eigenvalue weighted by atomic mass is 19.1. The Morgan fingerprint density at radius 3 is 2.32 bits per heavy atom. The van der Waals surface area contributed by atoms with Crippen LogP contribution in [0.4, 0.5) is 9.18 Å². The van der Waals surface area contributed by atoms with Crippen molar-refractivity contribution >= 4 is 6.03 Å². The Balaban J connectivity index is 1.31. The maximum absolute atomic E-state index is 12.8. The smallest absolute Gasteiger partial charge is 0.320 e. The van der Waals surface area contributed by atoms with E-state index in [4.69, 9.17) is 9.47 Å². The molecule has 0 saturated carbocycles. The van der Waals surface area contributed by atoms with Crippen molar-refractivity contribution in [3.05, 3.63) is 30.1 Å². The average Bonchev–Trinajstić information content (AvgIpc) is 2.67. The summed E-state index contributed by atoms with van der Waals surface area (Å²) in [4.78, 5) is 18.6. The maximum Gasteiger partial charge on any atom is 0.320 e. The molecule has 25 heavy (non-hydrogen) atoms. The summed E-state index contributed by atoms with van der Waals surface area (Å²) in [6.45, 7) is 7.56. The molecule has 2 amide bonds. The molecule has 0 radical (unpaired) electrons. The number of nitrogens with zero attached hydrogens (tertiary/aromatic N) is 3. The number of carbonyl (C=O) groups is 1. The second-order valence-corrected chi connectivity index (χ2v) is 6.37. The highest BCUT2D eigenvalue weighted by Crippen LogP contribution is 2.12. The number of ether oxygens (including phenoxy) is 2. The Bertz CT molecular complexity index is 541. The van der Waals surface area contributed by atoms with Crippen molar-refractivity contribution in [1.82, 2.24) is 14.7 Å². The number of amides is 2. The fraction of sp³-hybridized carbons (Fsp3) is 0.611. The SMILES string of the molecule is O=C(N1CCOCC1)N1CCN(CCCOc2ccc(F)cc2)CC1. The van der Waals surface area contributed by atoms with Crippen LogP contribution >= 0.6 is 0 Å². The van der Waals surface area contributed by atoms with Gasteiger partial charge < -0.3 is 19.3 Å². The molecule has 2 aliphatic rings. The van der Waals surface area contributed by atoms with Crippen molar-refractivity contribution in [2.75, 3.05) is 65.6 Å². The summed E-state index contributed by atoms with van der Waals surface area (Å²) in [5, 5.41) is 0. The third kappa shape index (κ3) is 5.31. The molecule has 0 bridgehead atoms. The van der Waals surface area contributed by atoms with Crippen LogP contribution in [0.5, 0.6) is 5.75 Å². The van der Waals surface area contributed by atoms with Crippen molar-refractivity contribution < 1.29 is 18.7 Å². The minimum absolute atomic E-state index is 0.141. The molecule has 138 valence electrons. The summed E-state index contributed by atoms with van der Waals surface area (Å²) in [6.07, 6.45) is 0.911. The second kappa shape index (κ2) is 9.01. The summed E-state index contributed by atoms with van der Waals surface area (Å²) < 4.78 is 23.7. The van der Waals surface area contributed by atoms with E-state index in [2.05, 4.69) is 4.90 Å². The van der Waals surface area contributed by atoms with E-state index in [1.54, 1.807) is 12.1 Å². The lowest BCUT2D eigenvalue weighted by Crippen LogP contribution is -2.54. The molecule has 6 nitrogen and oxygen atoms in total. The summed E-state index contributed by atoms with van der Waals surface area (Å²) in [6, 6.07) is 6.24. The van der Waals surface area contributed by atoms with Gasteiger partial charge in [-0.1, -0.05) is 0 Å². The van der Waals surface area contributed by atoms with E-state index < -0.39 is 0 Å². The first-order chi connectivity index (χ1) is 12.2. The van der Waals surface area contributed by atoms with E-state index >= 15 is 0 Å². The van der Waals surface area contributed by atoms with Crippen molar-refractivity contribution in [2.45, 2.75) is 6.42 Å². The van der Waals surface area contributed by atoms with Crippen LogP contribution in [-0.2, 0) is 4.74 Å². The van der Waals surface area contributed by atoms with Crippen molar-refractivity contribution in [1.29, 1.82) is 0 Å². The molecular formula is C18H26FN3O3. The van der Waals surface area contributed by atoms with Gasteiger partial charge in [-0.15, -0.1) is 0 Å². The minimum atomic E-state index is -0.253. The lowest BCUT2D eigenvalue weighted by Gasteiger charge is -2.38. The quantitative estimate of drug-likeness (QED) is 0.757. The Hall–Kier alpha value is -1.86. The van der Waals surface area contributed by atoms with Crippen LogP contribution in [0.15, 0.2) is 24.3 Å². The fourth-order valence-corrected chi connectivity index (χ4v) is 3.13. The van der Waals surface area contributed by atoms with Crippen molar-refractivity contribution in [3.63, 3.8) is 0 Å². The summed E-state index contributed by atoms with van der Waals surface area (Å²) in [5.41, 5.74) is 0. The van der Waals surface area contributed by atoms with Crippen LogP contribution in [0.3, 0.4) is 0 Å². The lowest BCUT2D eigenvalue weighted by atomic mass is 10.3. The molecule has 0 unspecified atom stereocenters. The number of piperazine rings is 1. The average molecular weight is 351 g/mol. The molecule has 0 aliphatic carbocycles. The number of hydrogen-bond donors (Lipinski definition) is 0. The molecule has 0 aromatic heterocycles. The normalized spacial score (nSPS) is 19.1. The molecule has 2 saturated heterocycles. The minimum Gasteiger partial charge on any atom is -0.494 e. The topological polar surface area (TPSA) is 45.2 Å². The van der Waals surface area contributed by atoms with Gasteiger partial charge >= 0.3 is 6.03 Å². The summed E-state index contributed by atoms with van der Waals surface area (Å²) in [5.74, 6) is 0.444. The second-order valence-electron chi connectivity index (χ2n) is 6.37. The van der Waals surface area contributed by atoms with Gasteiger partial charge in [-0.25, -0.2) is 9.18 Å². The predicted molar refractivity (Wildman–Crippen MR) is 92.3 cm³/mol. The van der Waals surface area contributed by atoms with E-state index in [0.717, 1.165) is 39.1 Å². The van der Waals surface area contributed by atoms with Gasteiger partial charge in [0.1, 0.15) is 11.6 Å². The number of urea groups is 1. The van der Waals surface area contributed by atoms with Crippen LogP contribution in [0.2, 0.25) is 0 Å². The van der Waals surface area contributed by atoms with Crippen LogP contribution in [0, 0.1) is 5.82 Å². The van der Waals surface area contributed by atoms with E-state index in [1.807, 2.05) is 9.80 Å². The molecule has 0 atom stereocenters. The van der Waals surface area contributed by atoms with Gasteiger partial charge in [0.25, 0.3) is 0 Å². The van der Waals surface area contributed by atoms with Gasteiger partial charge in [0.05, 0.1) is 19.8 Å². The molecule has 7 heteroatoms. The van der Waals surface area contributed by atoms with Crippen LogP contribution in [-0.4, -0.2) is 86.4 Å². The van der Waals surface area contributed by atoms with E-state index in [1.165, 1.54) is 12.1 Å². The molecule has 2 heterocycles. The van der Waals surface area contributed by atoms with Gasteiger partial charge in [-0.05, 0) is 30.7 Å². The fourth-order valence-electron chi connectivity index (χ4n) is 3.13. The zero-order chi connectivity index (χ0) is 17.5. The summed E-state index contributed by atoms with van der Waals surface area (Å²) >= 11 is 0. The van der Waals surface area contributed by atoms with Gasteiger partial charge in [-0.2, -0.15) is 0 Å². The van der Waals surface area contributed by atoms with Crippen LogP contribution in [0.1, 0.15) is 6.42 Å². The van der Waals surface area contributed by atoms with Crippen LogP contribution < -0.4 is 4.74 Å². The molecule has 2 fully saturated rings. The number of halogens is 1. The number of benzene rings is 1. The van der Waals surface area contributed by atoms with Gasteiger partial charge in [0, 0.05) is 45.8 Å². The highest BCUT2D eigenvalue weighted by Gasteiger charge is 2.26. The van der Waals surface area contributed by atoms with Crippen molar-refractivity contribution in [2.24, 2.45) is 0 Å². The number of carbonyl (C=O) groups excluding carboxylic acids is 1. The molecule has 0 N–H and O–H groups in total. The lowest BCUT2D eigenvalue weighted by molar-refractivity contribution is 0.0375. The zero-order valence-electron chi connectivity index (χ0n) is 14.5. The largest absolute Gasteiger partial charge is 0.494 e. The van der Waals surface area contributed by atoms with Gasteiger partial charge in [-0.3, -0.25) is 4.90 Å². The molecule has 3 rings (SSSR count). The Labute approximate surface area is 148 Å². The Morgan fingerprint density at radius 1 is 1.00 bits per heavy atom. The maximum atomic E-state index is 12.8. The Morgan fingerprint density at radius 2 is 1.64 bits per heavy atom. The number of morpholine rings is 1. The van der Waals surface area contributed by atoms with Gasteiger partial charge in [0.2, 0.25) is 0 Å². The first-order valence-electron chi connectivity index (χ1n) is 8.95. The molecule has 2 aliphatic heterocycles. The number of hydrogen-bond acceptors (Lipinski definition) is 4. The van der Waals surface area contributed by atoms with E-state index in [0.29, 0.717) is 38.7 Å². The first kappa shape index (κ1) is 17.9. The molecule has 1 aromatic carbocycles. The van der Waals surface area contributed by atoms with Crippen molar-refractivity contribution in [3.8, 4) is 5.75 Å². The molecule has 0 spiro atoms. The molecule has 1 aromatic rings. The highest BCUT2D eigenvalue weighted by molar-refractivity contribution is 5.74. The first-order valence-corrected chi connectivity index (χ1v) is 8.95. The standard InChI is InChI=1S/C18H26FN3O3/c19-16-2-4-17(5-3-16)25-13-1-6-20-7-9-21(10-8-20)18(23)22-11-14-24-15-12-22/h2-5H,1,6-15H2. The monoisotopic (exact) mass is 351 g/mol. The molecular weight excluding hydrogens is 325 g/mol. The van der Waals surface area contributed by atoms with E-state index in [9.17, 15) is 9.18 Å². The summed E-state index contributed by atoms with van der Waals surface area (Å²) in [7, 11) is 0. The third-order valence-corrected chi connectivity index (χ3v) is 4.63. The predicted octanol–water partition coefficient (Wildman–Crippen LogP) is 1.66.